The first kappa shape index (κ1) is 21.1. The van der Waals surface area contributed by atoms with Crippen LogP contribution in [0, 0.1) is 5.92 Å². The molecule has 5 rings (SSSR count). The predicted molar refractivity (Wildman–Crippen MR) is 127 cm³/mol. The van der Waals surface area contributed by atoms with Crippen LogP contribution >= 0.6 is 0 Å². The Morgan fingerprint density at radius 3 is 2.44 bits per heavy atom. The molecule has 3 aromatic rings. The van der Waals surface area contributed by atoms with E-state index in [2.05, 4.69) is 50.4 Å². The van der Waals surface area contributed by atoms with Crippen LogP contribution in [0.2, 0.25) is 0 Å². The highest BCUT2D eigenvalue weighted by Gasteiger charge is 2.30. The van der Waals surface area contributed by atoms with Gasteiger partial charge in [0.15, 0.2) is 0 Å². The Labute approximate surface area is 189 Å². The monoisotopic (exact) mass is 432 g/mol. The van der Waals surface area contributed by atoms with Crippen LogP contribution < -0.4 is 5.32 Å². The molecule has 1 aliphatic heterocycles. The number of nitrogens with one attached hydrogen (secondary N) is 1. The molecule has 1 amide bonds. The number of fused-ring (bicyclic) bond motifs is 1. The van der Waals surface area contributed by atoms with Gasteiger partial charge in [-0.25, -0.2) is 4.98 Å². The van der Waals surface area contributed by atoms with Crippen LogP contribution in [0.4, 0.5) is 5.82 Å². The van der Waals surface area contributed by atoms with Gasteiger partial charge in [0.25, 0.3) is 0 Å². The zero-order valence-electron chi connectivity index (χ0n) is 19.0. The van der Waals surface area contributed by atoms with Crippen molar-refractivity contribution in [2.24, 2.45) is 13.0 Å². The number of amides is 1. The van der Waals surface area contributed by atoms with Gasteiger partial charge in [-0.05, 0) is 55.8 Å². The Morgan fingerprint density at radius 2 is 1.72 bits per heavy atom. The number of pyridine rings is 1. The highest BCUT2D eigenvalue weighted by Crippen LogP contribution is 2.30. The lowest BCUT2D eigenvalue weighted by Gasteiger charge is -2.40. The summed E-state index contributed by atoms with van der Waals surface area (Å²) in [6.45, 7) is 4.60. The van der Waals surface area contributed by atoms with E-state index in [1.54, 1.807) is 4.68 Å². The molecule has 1 saturated carbocycles. The van der Waals surface area contributed by atoms with Crippen molar-refractivity contribution in [3.05, 3.63) is 42.9 Å². The van der Waals surface area contributed by atoms with Gasteiger partial charge in [-0.3, -0.25) is 14.4 Å². The summed E-state index contributed by atoms with van der Waals surface area (Å²) in [5.41, 5.74) is 2.19. The van der Waals surface area contributed by atoms with Gasteiger partial charge in [0, 0.05) is 68.5 Å². The molecule has 2 aromatic heterocycles. The summed E-state index contributed by atoms with van der Waals surface area (Å²) in [5, 5.41) is 9.47. The smallest absolute Gasteiger partial charge is 0.228 e. The van der Waals surface area contributed by atoms with Crippen LogP contribution in [-0.4, -0.2) is 69.7 Å². The van der Waals surface area contributed by atoms with Gasteiger partial charge in [0.1, 0.15) is 5.82 Å². The lowest BCUT2D eigenvalue weighted by Crippen LogP contribution is -2.50. The lowest BCUT2D eigenvalue weighted by molar-refractivity contribution is -0.121. The molecule has 2 aliphatic rings. The molecule has 32 heavy (non-hydrogen) atoms. The SMILES string of the molecule is CN1CCN(C2CCC(C(=O)Nc3cc4cc(-c5cnn(C)c5)ccc4cn3)CC2)CC1. The molecule has 0 spiro atoms. The summed E-state index contributed by atoms with van der Waals surface area (Å²) < 4.78 is 1.80. The van der Waals surface area contributed by atoms with Crippen molar-refractivity contribution in [3.63, 3.8) is 0 Å². The van der Waals surface area contributed by atoms with Crippen LogP contribution in [-0.2, 0) is 11.8 Å². The maximum Gasteiger partial charge on any atom is 0.228 e. The minimum Gasteiger partial charge on any atom is -0.310 e. The van der Waals surface area contributed by atoms with Crippen molar-refractivity contribution < 1.29 is 4.79 Å². The fraction of sp³-hybridized carbons (Fsp3) is 0.480. The van der Waals surface area contributed by atoms with Gasteiger partial charge >= 0.3 is 0 Å². The van der Waals surface area contributed by atoms with E-state index >= 15 is 0 Å². The number of carbonyl (C=O) groups is 1. The third-order valence-corrected chi connectivity index (χ3v) is 7.13. The van der Waals surface area contributed by atoms with E-state index in [0.29, 0.717) is 11.9 Å². The third kappa shape index (κ3) is 4.54. The van der Waals surface area contributed by atoms with Crippen LogP contribution in [0.3, 0.4) is 0 Å². The van der Waals surface area contributed by atoms with Crippen molar-refractivity contribution in [1.82, 2.24) is 24.6 Å². The second-order valence-electron chi connectivity index (χ2n) is 9.37. The van der Waals surface area contributed by atoms with Gasteiger partial charge in [-0.2, -0.15) is 5.10 Å². The van der Waals surface area contributed by atoms with Crippen molar-refractivity contribution in [2.75, 3.05) is 38.5 Å². The quantitative estimate of drug-likeness (QED) is 0.685. The molecule has 7 heteroatoms. The molecular formula is C25H32N6O. The number of nitrogens with zero attached hydrogens (tertiary/aromatic N) is 5. The second-order valence-corrected chi connectivity index (χ2v) is 9.37. The lowest BCUT2D eigenvalue weighted by atomic mass is 9.84. The van der Waals surface area contributed by atoms with E-state index in [1.807, 2.05) is 31.7 Å². The Hall–Kier alpha value is -2.77. The molecule has 2 fully saturated rings. The van der Waals surface area contributed by atoms with E-state index in [9.17, 15) is 4.79 Å². The Morgan fingerprint density at radius 1 is 0.938 bits per heavy atom. The van der Waals surface area contributed by atoms with Gasteiger partial charge < -0.3 is 10.2 Å². The zero-order chi connectivity index (χ0) is 22.1. The molecule has 1 aromatic carbocycles. The number of aryl methyl sites for hydroxylation is 1. The first-order valence-electron chi connectivity index (χ1n) is 11.7. The van der Waals surface area contributed by atoms with Gasteiger partial charge in [0.2, 0.25) is 5.91 Å². The van der Waals surface area contributed by atoms with Crippen molar-refractivity contribution >= 4 is 22.5 Å². The number of carbonyl (C=O) groups excluding carboxylic acids is 1. The molecular weight excluding hydrogens is 400 g/mol. The number of hydrogen-bond donors (Lipinski definition) is 1. The average Bonchev–Trinajstić information content (AvgIpc) is 3.25. The Kier molecular flexibility index (Phi) is 5.93. The first-order valence-corrected chi connectivity index (χ1v) is 11.7. The number of piperazine rings is 1. The van der Waals surface area contributed by atoms with Crippen molar-refractivity contribution in [2.45, 2.75) is 31.7 Å². The summed E-state index contributed by atoms with van der Waals surface area (Å²) in [6.07, 6.45) is 9.85. The molecule has 1 saturated heterocycles. The highest BCUT2D eigenvalue weighted by molar-refractivity contribution is 5.95. The van der Waals surface area contributed by atoms with Crippen molar-refractivity contribution in [1.29, 1.82) is 0 Å². The van der Waals surface area contributed by atoms with Crippen LogP contribution in [0.1, 0.15) is 25.7 Å². The summed E-state index contributed by atoms with van der Waals surface area (Å²) in [6, 6.07) is 8.89. The molecule has 1 N–H and O–H groups in total. The summed E-state index contributed by atoms with van der Waals surface area (Å²) in [5.74, 6) is 0.821. The minimum absolute atomic E-state index is 0.0814. The molecule has 0 radical (unpaired) electrons. The minimum atomic E-state index is 0.0814. The number of hydrogen-bond acceptors (Lipinski definition) is 5. The number of aromatic nitrogens is 3. The fourth-order valence-electron chi connectivity index (χ4n) is 5.08. The van der Waals surface area contributed by atoms with E-state index in [1.165, 1.54) is 0 Å². The van der Waals surface area contributed by atoms with Gasteiger partial charge in [-0.1, -0.05) is 12.1 Å². The fourth-order valence-corrected chi connectivity index (χ4v) is 5.08. The van der Waals surface area contributed by atoms with Crippen LogP contribution in [0.25, 0.3) is 21.9 Å². The normalized spacial score (nSPS) is 22.8. The molecule has 0 atom stereocenters. The third-order valence-electron chi connectivity index (χ3n) is 7.13. The highest BCUT2D eigenvalue weighted by atomic mass is 16.1. The van der Waals surface area contributed by atoms with E-state index in [0.717, 1.165) is 73.8 Å². The molecule has 1 aliphatic carbocycles. The number of benzene rings is 1. The molecule has 3 heterocycles. The Balaban J connectivity index is 1.22. The number of likely N-dealkylation sites (N-methyl/N-ethyl adjacent to an activating group) is 1. The summed E-state index contributed by atoms with van der Waals surface area (Å²) >= 11 is 0. The van der Waals surface area contributed by atoms with Crippen LogP contribution in [0.5, 0.6) is 0 Å². The largest absolute Gasteiger partial charge is 0.310 e. The summed E-state index contributed by atoms with van der Waals surface area (Å²) in [4.78, 5) is 22.4. The van der Waals surface area contributed by atoms with E-state index in [-0.39, 0.29) is 11.8 Å². The Bertz CT molecular complexity index is 1090. The summed E-state index contributed by atoms with van der Waals surface area (Å²) in [7, 11) is 4.11. The zero-order valence-corrected chi connectivity index (χ0v) is 19.0. The van der Waals surface area contributed by atoms with E-state index in [4.69, 9.17) is 0 Å². The first-order chi connectivity index (χ1) is 15.5. The molecule has 7 nitrogen and oxygen atoms in total. The molecule has 0 unspecified atom stereocenters. The topological polar surface area (TPSA) is 66.3 Å². The van der Waals surface area contributed by atoms with Crippen molar-refractivity contribution in [3.8, 4) is 11.1 Å². The molecule has 168 valence electrons. The van der Waals surface area contributed by atoms with Gasteiger partial charge in [0.05, 0.1) is 6.20 Å². The second kappa shape index (κ2) is 9.00. The maximum atomic E-state index is 12.9. The van der Waals surface area contributed by atoms with Gasteiger partial charge in [-0.15, -0.1) is 0 Å². The molecule has 0 bridgehead atoms. The number of anilines is 1. The predicted octanol–water partition coefficient (Wildman–Crippen LogP) is 3.38. The standard InChI is InChI=1S/C25H32N6O/c1-29-9-11-31(12-10-29)23-7-5-18(6-8-23)25(32)28-24-14-21-13-19(3-4-20(21)15-26-24)22-16-27-30(2)17-22/h3-4,13-18,23H,5-12H2,1-2H3,(H,26,28,32). The van der Waals surface area contributed by atoms with E-state index < -0.39 is 0 Å². The van der Waals surface area contributed by atoms with Crippen LogP contribution in [0.15, 0.2) is 42.9 Å². The average molecular weight is 433 g/mol. The number of rotatable bonds is 4. The maximum absolute atomic E-state index is 12.9.